The number of hydrogen-bond acceptors (Lipinski definition) is 4. The first-order chi connectivity index (χ1) is 10.9. The molecule has 0 bridgehead atoms. The predicted octanol–water partition coefficient (Wildman–Crippen LogP) is 1.75. The van der Waals surface area contributed by atoms with Crippen molar-refractivity contribution in [2.75, 3.05) is 6.54 Å². The number of halogens is 1. The highest BCUT2D eigenvalue weighted by Crippen LogP contribution is 2.31. The number of carbonyl (C=O) groups excluding carboxylic acids is 1. The predicted molar refractivity (Wildman–Crippen MR) is 86.9 cm³/mol. The van der Waals surface area contributed by atoms with E-state index < -0.39 is 10.0 Å². The van der Waals surface area contributed by atoms with Gasteiger partial charge in [-0.2, -0.15) is 9.57 Å². The third kappa shape index (κ3) is 3.13. The number of sulfonamides is 1. The van der Waals surface area contributed by atoms with E-state index in [-0.39, 0.29) is 35.0 Å². The van der Waals surface area contributed by atoms with Gasteiger partial charge in [0, 0.05) is 16.6 Å². The minimum absolute atomic E-state index is 0.0439. The summed E-state index contributed by atoms with van der Waals surface area (Å²) in [7, 11) is -3.83. The van der Waals surface area contributed by atoms with Gasteiger partial charge < -0.3 is 5.32 Å². The molecule has 6 nitrogen and oxygen atoms in total. The van der Waals surface area contributed by atoms with Crippen molar-refractivity contribution in [2.45, 2.75) is 42.7 Å². The van der Waals surface area contributed by atoms with Crippen LogP contribution in [0.2, 0.25) is 0 Å². The molecule has 1 heterocycles. The molecule has 2 unspecified atom stereocenters. The second kappa shape index (κ2) is 6.23. The van der Waals surface area contributed by atoms with Gasteiger partial charge >= 0.3 is 0 Å². The Balaban J connectivity index is 2.02. The quantitative estimate of drug-likeness (QED) is 0.822. The van der Waals surface area contributed by atoms with E-state index in [2.05, 4.69) is 21.2 Å². The van der Waals surface area contributed by atoms with E-state index >= 15 is 0 Å². The fourth-order valence-electron chi connectivity index (χ4n) is 3.31. The van der Waals surface area contributed by atoms with Gasteiger partial charge in [-0.3, -0.25) is 4.79 Å². The van der Waals surface area contributed by atoms with Gasteiger partial charge in [0.2, 0.25) is 15.9 Å². The molecule has 1 N–H and O–H groups in total. The Morgan fingerprint density at radius 2 is 2.00 bits per heavy atom. The smallest absolute Gasteiger partial charge is 0.243 e. The lowest BCUT2D eigenvalue weighted by atomic mass is 9.89. The Morgan fingerprint density at radius 3 is 2.74 bits per heavy atom. The molecule has 8 heteroatoms. The summed E-state index contributed by atoms with van der Waals surface area (Å²) in [5.74, 6) is -0.271. The third-order valence-corrected chi connectivity index (χ3v) is 6.66. The minimum atomic E-state index is -3.83. The van der Waals surface area contributed by atoms with E-state index in [1.54, 1.807) is 6.07 Å². The summed E-state index contributed by atoms with van der Waals surface area (Å²) in [6, 6.07) is 6.01. The van der Waals surface area contributed by atoms with Crippen molar-refractivity contribution in [1.82, 2.24) is 9.62 Å². The lowest BCUT2D eigenvalue weighted by Crippen LogP contribution is -2.62. The molecule has 0 radical (unpaired) electrons. The van der Waals surface area contributed by atoms with Crippen LogP contribution in [0.3, 0.4) is 0 Å². The zero-order chi connectivity index (χ0) is 16.6. The summed E-state index contributed by atoms with van der Waals surface area (Å²) < 4.78 is 27.9. The van der Waals surface area contributed by atoms with Crippen molar-refractivity contribution >= 4 is 31.9 Å². The van der Waals surface area contributed by atoms with Crippen LogP contribution < -0.4 is 5.32 Å². The Bertz CT molecular complexity index is 788. The molecular formula is C15H16BrN3O3S. The maximum absolute atomic E-state index is 13.0. The number of hydrogen-bond donors (Lipinski definition) is 1. The molecule has 1 aromatic carbocycles. The van der Waals surface area contributed by atoms with Crippen LogP contribution >= 0.6 is 15.9 Å². The molecule has 2 fully saturated rings. The van der Waals surface area contributed by atoms with Gasteiger partial charge in [-0.15, -0.1) is 0 Å². The fourth-order valence-corrected chi connectivity index (χ4v) is 5.67. The van der Waals surface area contributed by atoms with Crippen LogP contribution in [-0.2, 0) is 14.8 Å². The van der Waals surface area contributed by atoms with Gasteiger partial charge in [0.25, 0.3) is 0 Å². The molecule has 0 aromatic heterocycles. The first-order valence-corrected chi connectivity index (χ1v) is 9.67. The van der Waals surface area contributed by atoms with Crippen molar-refractivity contribution in [2.24, 2.45) is 0 Å². The number of fused-ring (bicyclic) bond motifs is 1. The first-order valence-electron chi connectivity index (χ1n) is 7.44. The van der Waals surface area contributed by atoms with Crippen LogP contribution in [0.4, 0.5) is 0 Å². The SMILES string of the molecule is N#Cc1cc(Br)cc(S(=O)(=O)N2CC(=O)NC3CCCCC32)c1. The Morgan fingerprint density at radius 1 is 1.26 bits per heavy atom. The highest BCUT2D eigenvalue weighted by Gasteiger charge is 2.42. The van der Waals surface area contributed by atoms with E-state index in [0.29, 0.717) is 4.47 Å². The van der Waals surface area contributed by atoms with Gasteiger partial charge in [0.15, 0.2) is 0 Å². The van der Waals surface area contributed by atoms with Crippen molar-refractivity contribution < 1.29 is 13.2 Å². The third-order valence-electron chi connectivity index (χ3n) is 4.35. The number of nitrogens with one attached hydrogen (secondary N) is 1. The number of nitrogens with zero attached hydrogens (tertiary/aromatic N) is 2. The van der Waals surface area contributed by atoms with Gasteiger partial charge in [0.1, 0.15) is 0 Å². The molecule has 2 aliphatic rings. The first kappa shape index (κ1) is 16.4. The molecule has 1 aliphatic heterocycles. The molecule has 1 amide bonds. The van der Waals surface area contributed by atoms with E-state index in [9.17, 15) is 13.2 Å². The van der Waals surface area contributed by atoms with Crippen molar-refractivity contribution in [3.63, 3.8) is 0 Å². The largest absolute Gasteiger partial charge is 0.351 e. The van der Waals surface area contributed by atoms with E-state index in [1.165, 1.54) is 16.4 Å². The molecule has 1 saturated heterocycles. The molecule has 1 saturated carbocycles. The van der Waals surface area contributed by atoms with Crippen LogP contribution in [0.1, 0.15) is 31.2 Å². The average molecular weight is 398 g/mol. The summed E-state index contributed by atoms with van der Waals surface area (Å²) in [5.41, 5.74) is 0.264. The summed E-state index contributed by atoms with van der Waals surface area (Å²) >= 11 is 3.24. The molecule has 1 aliphatic carbocycles. The summed E-state index contributed by atoms with van der Waals surface area (Å²) in [6.07, 6.45) is 3.48. The van der Waals surface area contributed by atoms with Crippen molar-refractivity contribution in [1.29, 1.82) is 5.26 Å². The van der Waals surface area contributed by atoms with Gasteiger partial charge in [-0.25, -0.2) is 8.42 Å². The van der Waals surface area contributed by atoms with Gasteiger partial charge in [-0.05, 0) is 31.0 Å². The van der Waals surface area contributed by atoms with Crippen LogP contribution in [0.15, 0.2) is 27.6 Å². The molecule has 122 valence electrons. The molecule has 23 heavy (non-hydrogen) atoms. The maximum atomic E-state index is 13.0. The minimum Gasteiger partial charge on any atom is -0.351 e. The zero-order valence-corrected chi connectivity index (χ0v) is 14.7. The highest BCUT2D eigenvalue weighted by atomic mass is 79.9. The molecule has 0 spiro atoms. The Hall–Kier alpha value is -1.43. The number of nitriles is 1. The Kier molecular flexibility index (Phi) is 4.45. The number of benzene rings is 1. The number of rotatable bonds is 2. The van der Waals surface area contributed by atoms with E-state index in [1.807, 2.05) is 6.07 Å². The summed E-state index contributed by atoms with van der Waals surface area (Å²) in [6.45, 7) is -0.169. The standard InChI is InChI=1S/C15H16BrN3O3S/c16-11-5-10(8-17)6-12(7-11)23(21,22)19-9-15(20)18-13-3-1-2-4-14(13)19/h5-7,13-14H,1-4,9H2,(H,18,20). The highest BCUT2D eigenvalue weighted by molar-refractivity contribution is 9.10. The number of amides is 1. The average Bonchev–Trinajstić information content (AvgIpc) is 2.53. The molecule has 3 rings (SSSR count). The topological polar surface area (TPSA) is 90.3 Å². The molecule has 1 aromatic rings. The fraction of sp³-hybridized carbons (Fsp3) is 0.467. The lowest BCUT2D eigenvalue weighted by molar-refractivity contribution is -0.125. The van der Waals surface area contributed by atoms with Crippen molar-refractivity contribution in [3.05, 3.63) is 28.2 Å². The van der Waals surface area contributed by atoms with Crippen LogP contribution in [0.25, 0.3) is 0 Å². The maximum Gasteiger partial charge on any atom is 0.243 e. The summed E-state index contributed by atoms with van der Waals surface area (Å²) in [4.78, 5) is 12.0. The summed E-state index contributed by atoms with van der Waals surface area (Å²) in [5, 5.41) is 11.9. The molecular weight excluding hydrogens is 382 g/mol. The van der Waals surface area contributed by atoms with E-state index in [4.69, 9.17) is 5.26 Å². The van der Waals surface area contributed by atoms with E-state index in [0.717, 1.165) is 25.7 Å². The van der Waals surface area contributed by atoms with Gasteiger partial charge in [0.05, 0.1) is 23.1 Å². The number of carbonyl (C=O) groups is 1. The second-order valence-electron chi connectivity index (χ2n) is 5.86. The zero-order valence-electron chi connectivity index (χ0n) is 12.3. The monoisotopic (exact) mass is 397 g/mol. The van der Waals surface area contributed by atoms with Crippen molar-refractivity contribution in [3.8, 4) is 6.07 Å². The van der Waals surface area contributed by atoms with Crippen LogP contribution in [0.5, 0.6) is 0 Å². The molecule has 2 atom stereocenters. The number of piperazine rings is 1. The lowest BCUT2D eigenvalue weighted by Gasteiger charge is -2.42. The Labute approximate surface area is 143 Å². The second-order valence-corrected chi connectivity index (χ2v) is 8.67. The normalized spacial score (nSPS) is 25.3. The van der Waals surface area contributed by atoms with Crippen LogP contribution in [0, 0.1) is 11.3 Å². The van der Waals surface area contributed by atoms with Gasteiger partial charge in [-0.1, -0.05) is 28.8 Å². The van der Waals surface area contributed by atoms with Crippen LogP contribution in [-0.4, -0.2) is 37.3 Å².